The van der Waals surface area contributed by atoms with Crippen molar-refractivity contribution < 1.29 is 9.18 Å². The number of nitrogens with zero attached hydrogens (tertiary/aromatic N) is 1. The monoisotopic (exact) mass is 283 g/mol. The number of hydrogen-bond acceptors (Lipinski definition) is 2. The molecule has 0 atom stereocenters. The fourth-order valence-corrected chi connectivity index (χ4v) is 2.25. The van der Waals surface area contributed by atoms with Gasteiger partial charge in [0.05, 0.1) is 17.4 Å². The van der Waals surface area contributed by atoms with Crippen molar-refractivity contribution >= 4 is 16.9 Å². The van der Waals surface area contributed by atoms with Gasteiger partial charge in [0.15, 0.2) is 0 Å². The van der Waals surface area contributed by atoms with Crippen LogP contribution in [-0.4, -0.2) is 15.9 Å². The van der Waals surface area contributed by atoms with Gasteiger partial charge in [0.25, 0.3) is 5.91 Å². The number of imidazole rings is 1. The number of carbonyl (C=O) groups is 1. The molecule has 0 aliphatic heterocycles. The molecule has 0 unspecified atom stereocenters. The summed E-state index contributed by atoms with van der Waals surface area (Å²) in [6.45, 7) is -0.151. The molecule has 106 valence electrons. The van der Waals surface area contributed by atoms with E-state index in [4.69, 9.17) is 0 Å². The van der Waals surface area contributed by atoms with Crippen LogP contribution < -0.4 is 5.32 Å². The van der Waals surface area contributed by atoms with Crippen molar-refractivity contribution in [1.29, 1.82) is 0 Å². The van der Waals surface area contributed by atoms with Gasteiger partial charge >= 0.3 is 0 Å². The fourth-order valence-electron chi connectivity index (χ4n) is 2.25. The summed E-state index contributed by atoms with van der Waals surface area (Å²) in [5.74, 6) is -0.196. The average molecular weight is 283 g/mol. The van der Waals surface area contributed by atoms with Gasteiger partial charge in [-0.2, -0.15) is 0 Å². The molecule has 21 heavy (non-hydrogen) atoms. The summed E-state index contributed by atoms with van der Waals surface area (Å²) in [6, 6.07) is 12.5. The summed E-state index contributed by atoms with van der Waals surface area (Å²) in [5, 5.41) is 2.83. The van der Waals surface area contributed by atoms with Gasteiger partial charge in [-0.05, 0) is 23.3 Å². The van der Waals surface area contributed by atoms with Gasteiger partial charge in [-0.1, -0.05) is 30.3 Å². The molecule has 4 nitrogen and oxygen atoms in total. The topological polar surface area (TPSA) is 57.8 Å². The number of amides is 1. The molecule has 2 N–H and O–H groups in total. The highest BCUT2D eigenvalue weighted by Gasteiger charge is 2.11. The summed E-state index contributed by atoms with van der Waals surface area (Å²) in [5.41, 5.74) is 3.47. The summed E-state index contributed by atoms with van der Waals surface area (Å²) in [7, 11) is 0. The first-order valence-electron chi connectivity index (χ1n) is 6.62. The molecule has 0 radical (unpaired) electrons. The number of alkyl halides is 1. The molecule has 0 aliphatic rings. The maximum Gasteiger partial charge on any atom is 0.253 e. The van der Waals surface area contributed by atoms with Gasteiger partial charge in [-0.3, -0.25) is 4.79 Å². The normalized spacial score (nSPS) is 10.7. The predicted octanol–water partition coefficient (Wildman–Crippen LogP) is 2.96. The number of hydrogen-bond donors (Lipinski definition) is 2. The van der Waals surface area contributed by atoms with Crippen molar-refractivity contribution in [1.82, 2.24) is 15.3 Å². The zero-order valence-electron chi connectivity index (χ0n) is 11.3. The maximum atomic E-state index is 12.6. The lowest BCUT2D eigenvalue weighted by Gasteiger charge is -2.07. The Morgan fingerprint density at radius 3 is 2.86 bits per heavy atom. The molecule has 0 saturated carbocycles. The van der Waals surface area contributed by atoms with Crippen LogP contribution in [0.15, 0.2) is 48.8 Å². The van der Waals surface area contributed by atoms with Crippen molar-refractivity contribution in [2.45, 2.75) is 13.2 Å². The lowest BCUT2D eigenvalue weighted by Crippen LogP contribution is -2.23. The van der Waals surface area contributed by atoms with Gasteiger partial charge in [0.2, 0.25) is 0 Å². The van der Waals surface area contributed by atoms with E-state index < -0.39 is 6.67 Å². The second-order valence-electron chi connectivity index (χ2n) is 4.74. The zero-order chi connectivity index (χ0) is 14.7. The molecular weight excluding hydrogens is 269 g/mol. The Morgan fingerprint density at radius 2 is 2.00 bits per heavy atom. The summed E-state index contributed by atoms with van der Waals surface area (Å²) < 4.78 is 12.6. The van der Waals surface area contributed by atoms with E-state index >= 15 is 0 Å². The zero-order valence-corrected chi connectivity index (χ0v) is 11.3. The number of nitrogens with one attached hydrogen (secondary N) is 2. The van der Waals surface area contributed by atoms with E-state index in [1.165, 1.54) is 0 Å². The third-order valence-corrected chi connectivity index (χ3v) is 3.29. The van der Waals surface area contributed by atoms with Crippen LogP contribution >= 0.6 is 0 Å². The molecule has 5 heteroatoms. The van der Waals surface area contributed by atoms with Crippen LogP contribution in [0.3, 0.4) is 0 Å². The van der Waals surface area contributed by atoms with E-state index in [9.17, 15) is 9.18 Å². The summed E-state index contributed by atoms with van der Waals surface area (Å²) in [4.78, 5) is 19.4. The molecule has 1 heterocycles. The molecule has 0 aliphatic carbocycles. The summed E-state index contributed by atoms with van der Waals surface area (Å²) >= 11 is 0. The number of rotatable bonds is 4. The number of aromatic nitrogens is 2. The molecular formula is C16H14FN3O. The molecule has 2 aromatic carbocycles. The average Bonchev–Trinajstić information content (AvgIpc) is 3.01. The van der Waals surface area contributed by atoms with Gasteiger partial charge < -0.3 is 10.3 Å². The highest BCUT2D eigenvalue weighted by atomic mass is 19.1. The highest BCUT2D eigenvalue weighted by molar-refractivity contribution is 6.04. The Kier molecular flexibility index (Phi) is 3.64. The fraction of sp³-hybridized carbons (Fsp3) is 0.125. The molecule has 3 rings (SSSR count). The molecule has 0 fully saturated rings. The smallest absolute Gasteiger partial charge is 0.253 e. The van der Waals surface area contributed by atoms with Gasteiger partial charge in [-0.25, -0.2) is 9.37 Å². The van der Waals surface area contributed by atoms with Crippen LogP contribution in [0.4, 0.5) is 4.39 Å². The lowest BCUT2D eigenvalue weighted by molar-refractivity contribution is 0.0952. The minimum Gasteiger partial charge on any atom is -0.348 e. The number of para-hydroxylation sites is 1. The van der Waals surface area contributed by atoms with E-state index in [2.05, 4.69) is 15.3 Å². The Labute approximate surface area is 121 Å². The first-order chi connectivity index (χ1) is 10.3. The SMILES string of the molecule is O=C(NCc1cccc(CF)c1)c1cccc2[nH]cnc12. The van der Waals surface area contributed by atoms with Crippen molar-refractivity contribution in [3.8, 4) is 0 Å². The Hall–Kier alpha value is -2.69. The van der Waals surface area contributed by atoms with Crippen molar-refractivity contribution in [2.24, 2.45) is 0 Å². The second-order valence-corrected chi connectivity index (χ2v) is 4.74. The lowest BCUT2D eigenvalue weighted by atomic mass is 10.1. The molecule has 0 bridgehead atoms. The number of carbonyl (C=O) groups excluding carboxylic acids is 1. The van der Waals surface area contributed by atoms with Gasteiger partial charge in [0, 0.05) is 6.54 Å². The van der Waals surface area contributed by atoms with Crippen LogP contribution in [0.25, 0.3) is 11.0 Å². The van der Waals surface area contributed by atoms with E-state index in [0.717, 1.165) is 11.1 Å². The number of H-pyrrole nitrogens is 1. The third kappa shape index (κ3) is 2.76. The van der Waals surface area contributed by atoms with E-state index in [-0.39, 0.29) is 5.91 Å². The van der Waals surface area contributed by atoms with Crippen LogP contribution in [0.2, 0.25) is 0 Å². The minimum absolute atomic E-state index is 0.196. The first kappa shape index (κ1) is 13.3. The Morgan fingerprint density at radius 1 is 1.19 bits per heavy atom. The molecule has 1 amide bonds. The quantitative estimate of drug-likeness (QED) is 0.773. The number of halogens is 1. The third-order valence-electron chi connectivity index (χ3n) is 3.29. The molecule has 1 aromatic heterocycles. The second kappa shape index (κ2) is 5.75. The largest absolute Gasteiger partial charge is 0.348 e. The van der Waals surface area contributed by atoms with E-state index in [0.29, 0.717) is 23.2 Å². The number of benzene rings is 2. The van der Waals surface area contributed by atoms with Crippen LogP contribution in [0, 0.1) is 0 Å². The molecule has 0 spiro atoms. The Bertz CT molecular complexity index is 782. The number of fused-ring (bicyclic) bond motifs is 1. The van der Waals surface area contributed by atoms with E-state index in [1.807, 2.05) is 12.1 Å². The number of aromatic amines is 1. The van der Waals surface area contributed by atoms with Crippen molar-refractivity contribution in [3.63, 3.8) is 0 Å². The van der Waals surface area contributed by atoms with Crippen LogP contribution in [0.1, 0.15) is 21.5 Å². The molecule has 0 saturated heterocycles. The standard InChI is InChI=1S/C16H14FN3O/c17-8-11-3-1-4-12(7-11)9-18-16(21)13-5-2-6-14-15(13)20-10-19-14/h1-7,10H,8-9H2,(H,18,21)(H,19,20). The summed E-state index contributed by atoms with van der Waals surface area (Å²) in [6.07, 6.45) is 1.56. The van der Waals surface area contributed by atoms with Crippen LogP contribution in [0.5, 0.6) is 0 Å². The van der Waals surface area contributed by atoms with Gasteiger partial charge in [-0.15, -0.1) is 0 Å². The van der Waals surface area contributed by atoms with Crippen molar-refractivity contribution in [2.75, 3.05) is 0 Å². The van der Waals surface area contributed by atoms with Crippen LogP contribution in [-0.2, 0) is 13.2 Å². The van der Waals surface area contributed by atoms with Crippen molar-refractivity contribution in [3.05, 3.63) is 65.5 Å². The maximum absolute atomic E-state index is 12.6. The van der Waals surface area contributed by atoms with E-state index in [1.54, 1.807) is 36.7 Å². The molecule has 3 aromatic rings. The highest BCUT2D eigenvalue weighted by Crippen LogP contribution is 2.14. The Balaban J connectivity index is 1.76. The van der Waals surface area contributed by atoms with Gasteiger partial charge in [0.1, 0.15) is 12.2 Å². The first-order valence-corrected chi connectivity index (χ1v) is 6.62. The predicted molar refractivity (Wildman–Crippen MR) is 78.5 cm³/mol. The minimum atomic E-state index is -0.506.